The predicted octanol–water partition coefficient (Wildman–Crippen LogP) is 0.447. The standard InChI is InChI=1S/C2H4BP/c1-2(3)4/h4H,1H3. The molecule has 4 heavy (non-hydrogen) atoms. The van der Waals surface area contributed by atoms with Crippen LogP contribution in [-0.2, 0) is 0 Å². The fourth-order valence-corrected chi connectivity index (χ4v) is 0. The van der Waals surface area contributed by atoms with Crippen LogP contribution in [0.1, 0.15) is 6.92 Å². The fraction of sp³-hybridized carbons (Fsp3) is 0.500. The van der Waals surface area contributed by atoms with Crippen LogP contribution in [0.4, 0.5) is 0 Å². The molecule has 0 rings (SSSR count). The maximum atomic E-state index is 4.94. The molecule has 20 valence electrons. The van der Waals surface area contributed by atoms with Crippen molar-refractivity contribution in [3.8, 4) is 0 Å². The summed E-state index contributed by atoms with van der Waals surface area (Å²) in [5.74, 6) is 0. The van der Waals surface area contributed by atoms with Gasteiger partial charge >= 0.3 is 0 Å². The Morgan fingerprint density at radius 1 is 2.00 bits per heavy atom. The average molecular weight is 69.8 g/mol. The molecule has 2 radical (unpaired) electrons. The zero-order valence-electron chi connectivity index (χ0n) is 2.58. The smallest absolute Gasteiger partial charge is 0.113 e. The molecule has 0 aromatic heterocycles. The Hall–Kier alpha value is 0.235. The summed E-state index contributed by atoms with van der Waals surface area (Å²) in [4.78, 5) is 0. The maximum Gasteiger partial charge on any atom is 0.113 e. The van der Waals surface area contributed by atoms with E-state index in [1.807, 2.05) is 0 Å². The summed E-state index contributed by atoms with van der Waals surface area (Å²) >= 11 is 0. The van der Waals surface area contributed by atoms with Crippen LogP contribution in [0.15, 0.2) is 0 Å². The molecule has 0 aromatic carbocycles. The highest BCUT2D eigenvalue weighted by Gasteiger charge is 1.53. The van der Waals surface area contributed by atoms with Crippen molar-refractivity contribution >= 4 is 21.9 Å². The largest absolute Gasteiger partial charge is 0.135 e. The average Bonchev–Trinajstić information content (AvgIpc) is 0.811. The highest BCUT2D eigenvalue weighted by Crippen LogP contribution is 1.60. The van der Waals surface area contributed by atoms with E-state index in [0.29, 0.717) is 0 Å². The molecule has 0 nitrogen and oxygen atoms in total. The van der Waals surface area contributed by atoms with Gasteiger partial charge in [-0.25, -0.2) is 0 Å². The van der Waals surface area contributed by atoms with Gasteiger partial charge in [0.05, 0.1) is 0 Å². The number of rotatable bonds is 0. The van der Waals surface area contributed by atoms with Gasteiger partial charge in [-0.15, -0.1) is 14.1 Å². The summed E-state index contributed by atoms with van der Waals surface area (Å²) in [7, 11) is 7.95. The lowest BCUT2D eigenvalue weighted by molar-refractivity contribution is 2.11. The summed E-state index contributed by atoms with van der Waals surface area (Å²) in [6.07, 6.45) is 0. The lowest BCUT2D eigenvalue weighted by Gasteiger charge is -1.64. The molecule has 0 aliphatic rings. The van der Waals surface area contributed by atoms with Gasteiger partial charge in [0, 0.05) is 0 Å². The molecule has 0 aliphatic heterocycles. The van der Waals surface area contributed by atoms with Gasteiger partial charge in [-0.3, -0.25) is 0 Å². The Morgan fingerprint density at radius 3 is 2.00 bits per heavy atom. The molecule has 0 saturated carbocycles. The highest BCUT2D eigenvalue weighted by atomic mass is 31.0. The minimum atomic E-state index is 0.722. The fourth-order valence-electron chi connectivity index (χ4n) is 0. The maximum absolute atomic E-state index is 4.94. The number of hydrogen-bond donors (Lipinski definition) is 0. The van der Waals surface area contributed by atoms with E-state index in [1.54, 1.807) is 6.92 Å². The molecule has 0 heterocycles. The second-order valence-electron chi connectivity index (χ2n) is 0.683. The molecule has 0 spiro atoms. The van der Waals surface area contributed by atoms with Crippen LogP contribution in [-0.4, -0.2) is 13.0 Å². The van der Waals surface area contributed by atoms with Gasteiger partial charge in [0.25, 0.3) is 0 Å². The van der Waals surface area contributed by atoms with Crippen molar-refractivity contribution in [2.45, 2.75) is 6.92 Å². The predicted molar refractivity (Wildman–Crippen MR) is 24.7 cm³/mol. The summed E-state index contributed by atoms with van der Waals surface area (Å²) in [5, 5.41) is 0.722. The van der Waals surface area contributed by atoms with E-state index < -0.39 is 0 Å². The van der Waals surface area contributed by atoms with Crippen molar-refractivity contribution in [3.63, 3.8) is 0 Å². The summed E-state index contributed by atoms with van der Waals surface area (Å²) < 4.78 is 0. The van der Waals surface area contributed by atoms with E-state index in [0.717, 1.165) is 5.19 Å². The van der Waals surface area contributed by atoms with Crippen LogP contribution in [0.3, 0.4) is 0 Å². The van der Waals surface area contributed by atoms with Crippen LogP contribution in [0, 0.1) is 0 Å². The molecular weight excluding hydrogens is 65.8 g/mol. The summed E-state index contributed by atoms with van der Waals surface area (Å²) in [6, 6.07) is 0. The van der Waals surface area contributed by atoms with Gasteiger partial charge in [0.1, 0.15) is 7.85 Å². The van der Waals surface area contributed by atoms with E-state index >= 15 is 0 Å². The van der Waals surface area contributed by atoms with Crippen molar-refractivity contribution in [2.75, 3.05) is 0 Å². The first-order chi connectivity index (χ1) is 1.73. The van der Waals surface area contributed by atoms with Crippen molar-refractivity contribution in [1.29, 1.82) is 0 Å². The first-order valence-electron chi connectivity index (χ1n) is 1.04. The molecule has 0 bridgehead atoms. The third-order valence-electron chi connectivity index (χ3n) is 0. The lowest BCUT2D eigenvalue weighted by Crippen LogP contribution is -1.74. The molecule has 0 amide bonds. The molecule has 0 saturated heterocycles. The monoisotopic (exact) mass is 70.0 g/mol. The van der Waals surface area contributed by atoms with E-state index in [1.165, 1.54) is 0 Å². The second-order valence-corrected chi connectivity index (χ2v) is 1.47. The van der Waals surface area contributed by atoms with Gasteiger partial charge in [0.15, 0.2) is 0 Å². The SMILES string of the molecule is [B]C(C)=P. The number of hydrogen-bond acceptors (Lipinski definition) is 0. The second kappa shape index (κ2) is 1.54. The van der Waals surface area contributed by atoms with E-state index in [9.17, 15) is 0 Å². The molecule has 2 heteroatoms. The quantitative estimate of drug-likeness (QED) is 0.286. The first kappa shape index (κ1) is 4.23. The zero-order chi connectivity index (χ0) is 3.58. The Labute approximate surface area is 29.8 Å². The van der Waals surface area contributed by atoms with Gasteiger partial charge in [-0.2, -0.15) is 0 Å². The molecule has 0 aromatic rings. The van der Waals surface area contributed by atoms with E-state index in [-0.39, 0.29) is 0 Å². The molecule has 0 unspecified atom stereocenters. The highest BCUT2D eigenvalue weighted by molar-refractivity contribution is 7.28. The zero-order valence-corrected chi connectivity index (χ0v) is 3.58. The van der Waals surface area contributed by atoms with E-state index in [2.05, 4.69) is 8.86 Å². The van der Waals surface area contributed by atoms with Gasteiger partial charge in [0.2, 0.25) is 0 Å². The minimum absolute atomic E-state index is 0.722. The van der Waals surface area contributed by atoms with Gasteiger partial charge in [-0.1, -0.05) is 0 Å². The van der Waals surface area contributed by atoms with Crippen molar-refractivity contribution < 1.29 is 0 Å². The van der Waals surface area contributed by atoms with Crippen LogP contribution < -0.4 is 0 Å². The Morgan fingerprint density at radius 2 is 2.00 bits per heavy atom. The summed E-state index contributed by atoms with van der Waals surface area (Å²) in [5.41, 5.74) is 0. The van der Waals surface area contributed by atoms with Gasteiger partial charge in [-0.05, 0) is 6.92 Å². The normalized spacial score (nSPS) is 6.25. The molecule has 0 aliphatic carbocycles. The Bertz CT molecular complexity index is 29.0. The van der Waals surface area contributed by atoms with Crippen LogP contribution >= 0.6 is 8.86 Å². The van der Waals surface area contributed by atoms with Crippen LogP contribution in [0.25, 0.3) is 0 Å². The Balaban J connectivity index is 2.80. The Kier molecular flexibility index (Phi) is 1.63. The van der Waals surface area contributed by atoms with Gasteiger partial charge < -0.3 is 0 Å². The molecular formula is C2H4BP. The van der Waals surface area contributed by atoms with E-state index in [4.69, 9.17) is 7.85 Å². The van der Waals surface area contributed by atoms with Crippen molar-refractivity contribution in [3.05, 3.63) is 0 Å². The third-order valence-corrected chi connectivity index (χ3v) is 0. The molecule has 0 fully saturated rings. The molecule has 0 N–H and O–H groups in total. The van der Waals surface area contributed by atoms with Crippen molar-refractivity contribution in [2.24, 2.45) is 0 Å². The first-order valence-corrected chi connectivity index (χ1v) is 1.54. The topological polar surface area (TPSA) is 0 Å². The lowest BCUT2D eigenvalue weighted by atomic mass is 10.1. The minimum Gasteiger partial charge on any atom is -0.135 e. The van der Waals surface area contributed by atoms with Crippen LogP contribution in [0.5, 0.6) is 0 Å². The third kappa shape index (κ3) is 61.8. The van der Waals surface area contributed by atoms with Crippen molar-refractivity contribution in [1.82, 2.24) is 0 Å². The molecule has 0 atom stereocenters. The van der Waals surface area contributed by atoms with Crippen LogP contribution in [0.2, 0.25) is 0 Å². The summed E-state index contributed by atoms with van der Waals surface area (Å²) in [6.45, 7) is 1.77.